The summed E-state index contributed by atoms with van der Waals surface area (Å²) in [5.74, 6) is 2.66. The molecule has 1 fully saturated rings. The fraction of sp³-hybridized carbons (Fsp3) is 0.700. The van der Waals surface area contributed by atoms with Gasteiger partial charge in [0.2, 0.25) is 0 Å². The van der Waals surface area contributed by atoms with E-state index in [1.165, 1.54) is 30.1 Å². The van der Waals surface area contributed by atoms with Gasteiger partial charge in [0.25, 0.3) is 0 Å². The zero-order chi connectivity index (χ0) is 16.2. The minimum atomic E-state index is -0.122. The number of ether oxygens (including phenoxy) is 1. The minimum absolute atomic E-state index is 0.122. The molecule has 0 spiro atoms. The predicted octanol–water partition coefficient (Wildman–Crippen LogP) is 5.55. The maximum absolute atomic E-state index is 5.95. The van der Waals surface area contributed by atoms with Crippen molar-refractivity contribution in [3.05, 3.63) is 35.9 Å². The second-order valence-electron chi connectivity index (χ2n) is 7.48. The molecule has 1 unspecified atom stereocenters. The predicted molar refractivity (Wildman–Crippen MR) is 96.5 cm³/mol. The van der Waals surface area contributed by atoms with Gasteiger partial charge in [-0.25, -0.2) is 0 Å². The Kier molecular flexibility index (Phi) is 6.56. The first-order chi connectivity index (χ1) is 10.5. The van der Waals surface area contributed by atoms with E-state index in [-0.39, 0.29) is 5.60 Å². The average molecular weight is 367 g/mol. The van der Waals surface area contributed by atoms with Crippen molar-refractivity contribution in [1.82, 2.24) is 0 Å². The molecule has 1 aliphatic carbocycles. The normalized spacial score (nSPS) is 28.5. The molecule has 1 aliphatic rings. The van der Waals surface area contributed by atoms with Gasteiger partial charge < -0.3 is 0 Å². The van der Waals surface area contributed by atoms with Gasteiger partial charge in [-0.05, 0) is 0 Å². The van der Waals surface area contributed by atoms with Crippen LogP contribution in [0.3, 0.4) is 0 Å². The van der Waals surface area contributed by atoms with Crippen LogP contribution in [0.2, 0.25) is 10.1 Å². The van der Waals surface area contributed by atoms with Gasteiger partial charge in [-0.2, -0.15) is 0 Å². The molecule has 1 aromatic rings. The van der Waals surface area contributed by atoms with Crippen molar-refractivity contribution < 1.29 is 4.74 Å². The molecule has 1 nitrogen and oxygen atoms in total. The molecule has 22 heavy (non-hydrogen) atoms. The summed E-state index contributed by atoms with van der Waals surface area (Å²) in [5.41, 5.74) is 1.20. The molecule has 0 aromatic heterocycles. The Morgan fingerprint density at radius 2 is 1.91 bits per heavy atom. The molecule has 0 radical (unpaired) electrons. The molecule has 4 atom stereocenters. The van der Waals surface area contributed by atoms with Gasteiger partial charge in [0.05, 0.1) is 0 Å². The second-order valence-corrected chi connectivity index (χ2v) is 10.1. The fourth-order valence-corrected chi connectivity index (χ4v) is 7.77. The third-order valence-electron chi connectivity index (χ3n) is 5.37. The Balaban J connectivity index is 2.05. The number of benzene rings is 1. The van der Waals surface area contributed by atoms with E-state index < -0.39 is 0 Å². The molecule has 0 saturated heterocycles. The first-order valence-corrected chi connectivity index (χ1v) is 10.9. The van der Waals surface area contributed by atoms with Crippen LogP contribution in [0.5, 0.6) is 0 Å². The quantitative estimate of drug-likeness (QED) is 0.599. The number of hydrogen-bond donors (Lipinski definition) is 0. The number of rotatable bonds is 6. The summed E-state index contributed by atoms with van der Waals surface area (Å²) in [6, 6.07) is 10.8. The van der Waals surface area contributed by atoms with E-state index in [0.717, 1.165) is 22.6 Å². The molecule has 0 N–H and O–H groups in total. The van der Waals surface area contributed by atoms with E-state index in [0.29, 0.717) is 15.0 Å². The van der Waals surface area contributed by atoms with Crippen molar-refractivity contribution in [2.75, 3.05) is 7.11 Å². The van der Waals surface area contributed by atoms with Gasteiger partial charge in [-0.3, -0.25) is 0 Å². The second kappa shape index (κ2) is 7.99. The van der Waals surface area contributed by atoms with E-state index in [4.69, 9.17) is 4.74 Å². The Hall–Kier alpha value is -0.301. The number of methoxy groups -OCH3 is 1. The van der Waals surface area contributed by atoms with E-state index in [1.807, 2.05) is 7.11 Å². The molecule has 2 heteroatoms. The maximum atomic E-state index is 5.95. The standard InChI is InChI=1S/C20H32OSe/c1-15(2)18-12-11-16(3)13-19(18)22-14-20(4,21-5)17-9-7-6-8-10-17/h6-10,15-16,18-19H,11-14H2,1-5H3/t16-,18+,19-,20?/m1/s1. The zero-order valence-electron chi connectivity index (χ0n) is 14.8. The molecule has 1 saturated carbocycles. The van der Waals surface area contributed by atoms with Crippen LogP contribution >= 0.6 is 0 Å². The summed E-state index contributed by atoms with van der Waals surface area (Å²) in [5, 5.41) is 1.18. The van der Waals surface area contributed by atoms with Crippen LogP contribution in [0.15, 0.2) is 30.3 Å². The van der Waals surface area contributed by atoms with Crippen LogP contribution in [0.25, 0.3) is 0 Å². The molecular formula is C20H32OSe. The Labute approximate surface area is 143 Å². The van der Waals surface area contributed by atoms with Crippen LogP contribution in [0.4, 0.5) is 0 Å². The van der Waals surface area contributed by atoms with Crippen molar-refractivity contribution in [3.63, 3.8) is 0 Å². The van der Waals surface area contributed by atoms with Gasteiger partial charge in [0.15, 0.2) is 0 Å². The van der Waals surface area contributed by atoms with Crippen molar-refractivity contribution in [3.8, 4) is 0 Å². The Morgan fingerprint density at radius 1 is 1.23 bits per heavy atom. The first kappa shape index (κ1) is 18.0. The molecule has 124 valence electrons. The summed E-state index contributed by atoms with van der Waals surface area (Å²) < 4.78 is 5.95. The van der Waals surface area contributed by atoms with Crippen LogP contribution in [-0.2, 0) is 10.3 Å². The summed E-state index contributed by atoms with van der Waals surface area (Å²) in [6.07, 6.45) is 4.29. The monoisotopic (exact) mass is 368 g/mol. The zero-order valence-corrected chi connectivity index (χ0v) is 16.6. The average Bonchev–Trinajstić information content (AvgIpc) is 2.53. The van der Waals surface area contributed by atoms with Gasteiger partial charge >= 0.3 is 143 Å². The van der Waals surface area contributed by atoms with Crippen molar-refractivity contribution in [2.24, 2.45) is 17.8 Å². The molecule has 2 rings (SSSR count). The number of hydrogen-bond acceptors (Lipinski definition) is 1. The summed E-state index contributed by atoms with van der Waals surface area (Å²) in [6.45, 7) is 9.53. The van der Waals surface area contributed by atoms with E-state index >= 15 is 0 Å². The van der Waals surface area contributed by atoms with Crippen LogP contribution in [0, 0.1) is 17.8 Å². The van der Waals surface area contributed by atoms with Crippen LogP contribution in [0.1, 0.15) is 52.5 Å². The SMILES string of the molecule is COC(C)(C[Se][C@@H]1C[C@H](C)CC[C@H]1C(C)C)c1ccccc1. The summed E-state index contributed by atoms with van der Waals surface area (Å²) in [4.78, 5) is 0.925. The molecule has 0 aliphatic heterocycles. The van der Waals surface area contributed by atoms with Gasteiger partial charge in [0.1, 0.15) is 0 Å². The third kappa shape index (κ3) is 4.37. The van der Waals surface area contributed by atoms with Crippen molar-refractivity contribution >= 4 is 15.0 Å². The van der Waals surface area contributed by atoms with Gasteiger partial charge in [-0.1, -0.05) is 0 Å². The molecule has 0 heterocycles. The van der Waals surface area contributed by atoms with Crippen LogP contribution in [-0.4, -0.2) is 22.1 Å². The van der Waals surface area contributed by atoms with E-state index in [2.05, 4.69) is 58.0 Å². The van der Waals surface area contributed by atoms with Crippen molar-refractivity contribution in [1.29, 1.82) is 0 Å². The Bertz CT molecular complexity index is 444. The third-order valence-corrected chi connectivity index (χ3v) is 8.91. The van der Waals surface area contributed by atoms with E-state index in [1.54, 1.807) is 0 Å². The summed E-state index contributed by atoms with van der Waals surface area (Å²) in [7, 11) is 1.87. The summed E-state index contributed by atoms with van der Waals surface area (Å²) >= 11 is 0.643. The van der Waals surface area contributed by atoms with Gasteiger partial charge in [0, 0.05) is 0 Å². The topological polar surface area (TPSA) is 9.23 Å². The van der Waals surface area contributed by atoms with Crippen molar-refractivity contribution in [2.45, 2.75) is 62.7 Å². The fourth-order valence-electron chi connectivity index (χ4n) is 3.62. The van der Waals surface area contributed by atoms with Crippen LogP contribution < -0.4 is 0 Å². The molecule has 0 amide bonds. The molecule has 0 bridgehead atoms. The first-order valence-electron chi connectivity index (χ1n) is 8.68. The van der Waals surface area contributed by atoms with E-state index in [9.17, 15) is 0 Å². The molecule has 1 aromatic carbocycles. The Morgan fingerprint density at radius 3 is 2.50 bits per heavy atom. The van der Waals surface area contributed by atoms with Gasteiger partial charge in [-0.15, -0.1) is 0 Å². The molecular weight excluding hydrogens is 335 g/mol.